The van der Waals surface area contributed by atoms with Crippen LogP contribution in [0.2, 0.25) is 0 Å². The summed E-state index contributed by atoms with van der Waals surface area (Å²) in [5.74, 6) is 0. The van der Waals surface area contributed by atoms with Crippen LogP contribution in [0.25, 0.3) is 0 Å². The fourth-order valence-electron chi connectivity index (χ4n) is 1.42. The van der Waals surface area contributed by atoms with Crippen molar-refractivity contribution < 1.29 is 9.79 Å². The molecule has 6 heteroatoms. The Bertz CT molecular complexity index is 201. The summed E-state index contributed by atoms with van der Waals surface area (Å²) in [7, 11) is 0. The quantitative estimate of drug-likeness (QED) is 0.365. The second-order valence-electron chi connectivity index (χ2n) is 3.92. The van der Waals surface area contributed by atoms with Gasteiger partial charge in [-0.05, 0) is 24.6 Å². The van der Waals surface area contributed by atoms with Gasteiger partial charge in [0.1, 0.15) is 0 Å². The molecule has 0 aliphatic rings. The number of hydrogen-bond acceptors (Lipinski definition) is 3. The summed E-state index contributed by atoms with van der Waals surface area (Å²) in [4.78, 5) is 18.6. The Labute approximate surface area is 109 Å². The third kappa shape index (κ3) is 11.4. The van der Waals surface area contributed by atoms with E-state index in [1.54, 1.807) is 0 Å². The van der Waals surface area contributed by atoms with Crippen LogP contribution in [0.5, 0.6) is 0 Å². The van der Waals surface area contributed by atoms with Gasteiger partial charge in [0, 0.05) is 24.7 Å². The minimum atomic E-state index is -3.14. The van der Waals surface area contributed by atoms with Gasteiger partial charge in [0.15, 0.2) is 0 Å². The topological polar surface area (TPSA) is 43.7 Å². The fourth-order valence-corrected chi connectivity index (χ4v) is 4.38. The molecule has 0 aliphatic heterocycles. The maximum Gasteiger partial charge on any atom is 0.257 e. The Balaban J connectivity index is 3.90. The summed E-state index contributed by atoms with van der Waals surface area (Å²) in [6.45, 7) is 6.14. The van der Waals surface area contributed by atoms with Gasteiger partial charge in [-0.15, -0.1) is 0 Å². The molecule has 0 saturated carbocycles. The Kier molecular flexibility index (Phi) is 10.4. The van der Waals surface area contributed by atoms with Gasteiger partial charge in [0.05, 0.1) is 0 Å². The molecule has 0 bridgehead atoms. The zero-order chi connectivity index (χ0) is 12.4. The van der Waals surface area contributed by atoms with Gasteiger partial charge in [0.25, 0.3) is 5.69 Å². The van der Waals surface area contributed by atoms with Crippen molar-refractivity contribution in [2.45, 2.75) is 52.4 Å². The molecule has 0 fully saturated rings. The van der Waals surface area contributed by atoms with E-state index in [-0.39, 0.29) is 0 Å². The first-order chi connectivity index (χ1) is 7.49. The zero-order valence-electron chi connectivity index (χ0n) is 10.3. The van der Waals surface area contributed by atoms with Gasteiger partial charge < -0.3 is 9.79 Å². The van der Waals surface area contributed by atoms with Gasteiger partial charge in [-0.25, -0.2) is 4.31 Å². The van der Waals surface area contributed by atoms with Gasteiger partial charge in [-0.3, -0.25) is 0 Å². The largest absolute Gasteiger partial charge is 0.337 e. The average Bonchev–Trinajstić information content (AvgIpc) is 2.16. The van der Waals surface area contributed by atoms with E-state index in [4.69, 9.17) is 0 Å². The molecule has 0 aromatic carbocycles. The van der Waals surface area contributed by atoms with Gasteiger partial charge in [-0.2, -0.15) is 0 Å². The molecule has 0 heterocycles. The van der Waals surface area contributed by atoms with Crippen molar-refractivity contribution in [1.29, 1.82) is 0 Å². The number of nitrogens with zero attached hydrogens (tertiary/aromatic N) is 1. The molecule has 16 heavy (non-hydrogen) atoms. The van der Waals surface area contributed by atoms with Gasteiger partial charge in [-0.1, -0.05) is 39.5 Å². The van der Waals surface area contributed by atoms with Crippen LogP contribution in [-0.4, -0.2) is 27.2 Å². The fraction of sp³-hybridized carbons (Fsp3) is 1.00. The van der Waals surface area contributed by atoms with E-state index in [1.165, 1.54) is 25.7 Å². The van der Waals surface area contributed by atoms with Crippen molar-refractivity contribution in [1.82, 2.24) is 4.31 Å². The Morgan fingerprint density at radius 2 is 1.44 bits per heavy atom. The molecule has 0 aromatic rings. The van der Waals surface area contributed by atoms with Crippen molar-refractivity contribution in [3.8, 4) is 0 Å². The maximum atomic E-state index is 9.30. The molecule has 3 nitrogen and oxygen atoms in total. The first kappa shape index (κ1) is 16.9. The van der Waals surface area contributed by atoms with E-state index in [2.05, 4.69) is 25.7 Å². The van der Waals surface area contributed by atoms with Crippen molar-refractivity contribution in [3.63, 3.8) is 0 Å². The molecule has 0 spiro atoms. The van der Waals surface area contributed by atoms with Crippen LogP contribution in [0.4, 0.5) is 0 Å². The smallest absolute Gasteiger partial charge is 0.257 e. The third-order valence-corrected chi connectivity index (χ3v) is 4.98. The first-order valence-electron chi connectivity index (χ1n) is 5.99. The van der Waals surface area contributed by atoms with Crippen LogP contribution >= 0.6 is 17.3 Å². The molecule has 0 radical (unpaired) electrons. The Morgan fingerprint density at radius 3 is 1.75 bits per heavy atom. The van der Waals surface area contributed by atoms with Crippen molar-refractivity contribution >= 4 is 29.1 Å². The predicted octanol–water partition coefficient (Wildman–Crippen LogP) is 3.53. The molecule has 98 valence electrons. The minimum Gasteiger partial charge on any atom is -0.337 e. The molecule has 0 aliphatic carbocycles. The third-order valence-electron chi connectivity index (χ3n) is 2.24. The van der Waals surface area contributed by atoms with Crippen LogP contribution in [0, 0.1) is 0 Å². The zero-order valence-corrected chi connectivity index (χ0v) is 12.8. The van der Waals surface area contributed by atoms with E-state index in [1.807, 2.05) is 4.31 Å². The van der Waals surface area contributed by atoms with E-state index < -0.39 is 5.69 Å². The van der Waals surface area contributed by atoms with Crippen LogP contribution < -0.4 is 0 Å². The Hall–Kier alpha value is 0.880. The minimum absolute atomic E-state index is 0.904. The molecular formula is C10H24NO2PS2. The highest BCUT2D eigenvalue weighted by molar-refractivity contribution is 8.66. The molecule has 0 unspecified atom stereocenters. The summed E-state index contributed by atoms with van der Waals surface area (Å²) in [5.41, 5.74) is -3.14. The molecule has 0 saturated heterocycles. The number of unbranched alkanes of at least 4 members (excludes halogenated alkanes) is 4. The van der Waals surface area contributed by atoms with Crippen molar-refractivity contribution in [2.75, 3.05) is 13.1 Å². The molecule has 0 amide bonds. The summed E-state index contributed by atoms with van der Waals surface area (Å²) in [6, 6.07) is 0. The highest BCUT2D eigenvalue weighted by Gasteiger charge is 2.15. The standard InChI is InChI=1S/C10H24NO2PS2/c1-3-5-7-9-11(10-8-6-4-2)16-14(12,13)15/h3-10H2,1-2H3,(H2,12,13,15). The lowest BCUT2D eigenvalue weighted by molar-refractivity contribution is 0.432. The van der Waals surface area contributed by atoms with E-state index in [9.17, 15) is 9.79 Å². The normalized spacial score (nSPS) is 12.3. The lowest BCUT2D eigenvalue weighted by Crippen LogP contribution is -2.18. The van der Waals surface area contributed by atoms with E-state index in [0.717, 1.165) is 37.5 Å². The monoisotopic (exact) mass is 285 g/mol. The highest BCUT2D eigenvalue weighted by atomic mass is 32.9. The van der Waals surface area contributed by atoms with E-state index in [0.29, 0.717) is 0 Å². The molecular weight excluding hydrogens is 261 g/mol. The maximum absolute atomic E-state index is 9.30. The van der Waals surface area contributed by atoms with Crippen molar-refractivity contribution in [3.05, 3.63) is 0 Å². The molecule has 0 atom stereocenters. The lowest BCUT2D eigenvalue weighted by atomic mass is 10.2. The van der Waals surface area contributed by atoms with E-state index >= 15 is 0 Å². The second-order valence-corrected chi connectivity index (χ2v) is 9.81. The summed E-state index contributed by atoms with van der Waals surface area (Å²) in [5, 5.41) is 0. The Morgan fingerprint density at radius 1 is 1.00 bits per heavy atom. The molecule has 0 aromatic heterocycles. The van der Waals surface area contributed by atoms with Crippen molar-refractivity contribution in [2.24, 2.45) is 0 Å². The number of rotatable bonds is 10. The number of hydrogen-bond donors (Lipinski definition) is 2. The summed E-state index contributed by atoms with van der Waals surface area (Å²) in [6.07, 6.45) is 6.94. The average molecular weight is 285 g/mol. The highest BCUT2D eigenvalue weighted by Crippen LogP contribution is 2.52. The summed E-state index contributed by atoms with van der Waals surface area (Å²) >= 11 is 5.74. The van der Waals surface area contributed by atoms with Gasteiger partial charge >= 0.3 is 0 Å². The van der Waals surface area contributed by atoms with Gasteiger partial charge in [0.2, 0.25) is 0 Å². The van der Waals surface area contributed by atoms with Crippen LogP contribution in [0.3, 0.4) is 0 Å². The predicted molar refractivity (Wildman–Crippen MR) is 76.9 cm³/mol. The summed E-state index contributed by atoms with van der Waals surface area (Å²) < 4.78 is 2.03. The molecule has 0 rings (SSSR count). The molecule has 2 N–H and O–H groups in total. The lowest BCUT2D eigenvalue weighted by Gasteiger charge is -2.22. The first-order valence-corrected chi connectivity index (χ1v) is 10.1. The SMILES string of the molecule is CCCCCN(CCCCC)SP(O)(O)=S. The van der Waals surface area contributed by atoms with Crippen LogP contribution in [-0.2, 0) is 11.8 Å². The van der Waals surface area contributed by atoms with Crippen LogP contribution in [0.1, 0.15) is 52.4 Å². The van der Waals surface area contributed by atoms with Crippen LogP contribution in [0.15, 0.2) is 0 Å². The second kappa shape index (κ2) is 9.86.